The van der Waals surface area contributed by atoms with Crippen LogP contribution in [-0.4, -0.2) is 14.2 Å². The van der Waals surface area contributed by atoms with Crippen LogP contribution in [0.25, 0.3) is 0 Å². The minimum Gasteiger partial charge on any atom is -0.460 e. The Hall–Kier alpha value is -2.32. The molecule has 2 N–H and O–H groups in total. The second-order valence-corrected chi connectivity index (χ2v) is 7.72. The van der Waals surface area contributed by atoms with Gasteiger partial charge in [-0.05, 0) is 17.7 Å². The second kappa shape index (κ2) is 6.89. The third-order valence-electron chi connectivity index (χ3n) is 3.33. The smallest absolute Gasteiger partial charge is 0.313 e. The van der Waals surface area contributed by atoms with E-state index in [0.717, 1.165) is 0 Å². The van der Waals surface area contributed by atoms with E-state index in [1.807, 2.05) is 0 Å². The summed E-state index contributed by atoms with van der Waals surface area (Å²) in [5, 5.41) is 0. The normalized spacial score (nSPS) is 21.0. The van der Waals surface area contributed by atoms with Crippen molar-refractivity contribution < 1.29 is 23.5 Å². The van der Waals surface area contributed by atoms with E-state index in [1.165, 1.54) is 12.1 Å². The molecule has 0 radical (unpaired) electrons. The topological polar surface area (TPSA) is 95.7 Å². The highest BCUT2D eigenvalue weighted by molar-refractivity contribution is 9.10. The van der Waals surface area contributed by atoms with Gasteiger partial charge in [-0.2, -0.15) is 8.42 Å². The van der Waals surface area contributed by atoms with Crippen molar-refractivity contribution in [3.8, 4) is 0 Å². The van der Waals surface area contributed by atoms with Gasteiger partial charge in [0.05, 0.1) is 1.37 Å². The second-order valence-electron chi connectivity index (χ2n) is 5.23. The zero-order valence-corrected chi connectivity index (χ0v) is 15.2. The standard InChI is InChI=1S/C17H14BrNO5S/c18-13-8-4-7-12(9-13)15-14(20)16(17(19)23-15)24-25(21,22)10-11-5-2-1-3-6-11/h1-9,15H,10,19H2/t15-/m1/s1/i15D. The van der Waals surface area contributed by atoms with Crippen molar-refractivity contribution in [3.05, 3.63) is 81.8 Å². The van der Waals surface area contributed by atoms with E-state index < -0.39 is 39.4 Å². The van der Waals surface area contributed by atoms with Crippen LogP contribution in [0.3, 0.4) is 0 Å². The number of ketones is 1. The van der Waals surface area contributed by atoms with Crippen LogP contribution in [-0.2, 0) is 29.6 Å². The monoisotopic (exact) mass is 424 g/mol. The number of carbonyl (C=O) groups excluding carboxylic acids is 1. The van der Waals surface area contributed by atoms with Crippen LogP contribution in [0.2, 0.25) is 0 Å². The first-order chi connectivity index (χ1) is 12.2. The molecule has 0 saturated carbocycles. The predicted octanol–water partition coefficient (Wildman–Crippen LogP) is 2.76. The van der Waals surface area contributed by atoms with Crippen LogP contribution in [0.5, 0.6) is 0 Å². The molecule has 1 heterocycles. The number of Topliss-reactive ketones (excluding diaryl/α,β-unsaturated/α-hetero) is 1. The molecule has 0 aromatic heterocycles. The molecule has 6 nitrogen and oxygen atoms in total. The average Bonchev–Trinajstić information content (AvgIpc) is 2.79. The average molecular weight is 425 g/mol. The predicted molar refractivity (Wildman–Crippen MR) is 94.3 cm³/mol. The van der Waals surface area contributed by atoms with Crippen LogP contribution < -0.4 is 5.73 Å². The summed E-state index contributed by atoms with van der Waals surface area (Å²) in [6.45, 7) is 0. The van der Waals surface area contributed by atoms with Gasteiger partial charge in [0.15, 0.2) is 6.08 Å². The van der Waals surface area contributed by atoms with E-state index in [9.17, 15) is 13.2 Å². The Kier molecular flexibility index (Phi) is 4.46. The summed E-state index contributed by atoms with van der Waals surface area (Å²) < 4.78 is 43.5. The van der Waals surface area contributed by atoms with Crippen molar-refractivity contribution in [1.82, 2.24) is 0 Å². The largest absolute Gasteiger partial charge is 0.460 e. The van der Waals surface area contributed by atoms with Gasteiger partial charge in [0.2, 0.25) is 17.4 Å². The van der Waals surface area contributed by atoms with Crippen molar-refractivity contribution >= 4 is 31.8 Å². The van der Waals surface area contributed by atoms with Crippen LogP contribution in [0.15, 0.2) is 70.7 Å². The van der Waals surface area contributed by atoms with Crippen LogP contribution in [0.1, 0.15) is 18.6 Å². The fraction of sp³-hybridized carbons (Fsp3) is 0.118. The molecule has 0 saturated heterocycles. The summed E-state index contributed by atoms with van der Waals surface area (Å²) in [5.74, 6) is -2.65. The lowest BCUT2D eigenvalue weighted by molar-refractivity contribution is -0.123. The lowest BCUT2D eigenvalue weighted by Crippen LogP contribution is -2.16. The quantitative estimate of drug-likeness (QED) is 0.741. The van der Waals surface area contributed by atoms with Crippen LogP contribution >= 0.6 is 15.9 Å². The molecule has 25 heavy (non-hydrogen) atoms. The molecule has 0 spiro atoms. The molecule has 1 aliphatic heterocycles. The molecular formula is C17H14BrNO5S. The number of halogens is 1. The van der Waals surface area contributed by atoms with Gasteiger partial charge in [-0.15, -0.1) is 0 Å². The van der Waals surface area contributed by atoms with Gasteiger partial charge in [0, 0.05) is 10.0 Å². The van der Waals surface area contributed by atoms with Crippen molar-refractivity contribution in [1.29, 1.82) is 0 Å². The Bertz CT molecular complexity index is 993. The number of hydrogen-bond acceptors (Lipinski definition) is 6. The third kappa shape index (κ3) is 4.02. The first kappa shape index (κ1) is 16.2. The van der Waals surface area contributed by atoms with E-state index in [-0.39, 0.29) is 5.56 Å². The Balaban J connectivity index is 1.85. The third-order valence-corrected chi connectivity index (χ3v) is 4.93. The molecule has 0 fully saturated rings. The number of carbonyl (C=O) groups is 1. The maximum atomic E-state index is 12.6. The summed E-state index contributed by atoms with van der Waals surface area (Å²) in [4.78, 5) is 12.6. The highest BCUT2D eigenvalue weighted by Gasteiger charge is 2.39. The SMILES string of the molecule is [2H][C@]1(c2cccc(Br)c2)OC(N)=C(OS(=O)(=O)Cc2ccccc2)C1=O. The van der Waals surface area contributed by atoms with Gasteiger partial charge in [0.1, 0.15) is 5.75 Å². The minimum absolute atomic E-state index is 0.193. The molecule has 1 atom stereocenters. The highest BCUT2D eigenvalue weighted by atomic mass is 79.9. The van der Waals surface area contributed by atoms with E-state index in [1.54, 1.807) is 42.5 Å². The zero-order chi connectivity index (χ0) is 18.9. The molecule has 0 aliphatic carbocycles. The molecule has 0 bridgehead atoms. The van der Waals surface area contributed by atoms with Gasteiger partial charge < -0.3 is 14.7 Å². The summed E-state index contributed by atoms with van der Waals surface area (Å²) in [6, 6.07) is 14.7. The van der Waals surface area contributed by atoms with Crippen molar-refractivity contribution in [3.63, 3.8) is 0 Å². The number of hydrogen-bond donors (Lipinski definition) is 1. The van der Waals surface area contributed by atoms with Crippen molar-refractivity contribution in [2.75, 3.05) is 0 Å². The van der Waals surface area contributed by atoms with Gasteiger partial charge >= 0.3 is 10.1 Å². The summed E-state index contributed by atoms with van der Waals surface area (Å²) >= 11 is 3.25. The maximum Gasteiger partial charge on any atom is 0.313 e. The molecule has 1 aliphatic rings. The number of ether oxygens (including phenoxy) is 1. The van der Waals surface area contributed by atoms with Gasteiger partial charge in [-0.3, -0.25) is 4.79 Å². The first-order valence-electron chi connectivity index (χ1n) is 7.67. The van der Waals surface area contributed by atoms with E-state index in [2.05, 4.69) is 15.9 Å². The number of benzene rings is 2. The zero-order valence-electron chi connectivity index (χ0n) is 13.8. The van der Waals surface area contributed by atoms with Gasteiger partial charge in [-0.1, -0.05) is 58.4 Å². The molecule has 3 rings (SSSR count). The maximum absolute atomic E-state index is 12.6. The Labute approximate surface area is 154 Å². The summed E-state index contributed by atoms with van der Waals surface area (Å²) in [6.07, 6.45) is -2.20. The molecule has 2 aromatic carbocycles. The minimum atomic E-state index is -4.16. The lowest BCUT2D eigenvalue weighted by Gasteiger charge is -2.10. The summed E-state index contributed by atoms with van der Waals surface area (Å²) in [5.41, 5.74) is 6.32. The van der Waals surface area contributed by atoms with Crippen LogP contribution in [0.4, 0.5) is 0 Å². The van der Waals surface area contributed by atoms with Crippen LogP contribution in [0, 0.1) is 0 Å². The number of rotatable bonds is 5. The van der Waals surface area contributed by atoms with E-state index in [0.29, 0.717) is 10.0 Å². The first-order valence-corrected chi connectivity index (χ1v) is 9.54. The molecule has 0 amide bonds. The fourth-order valence-electron chi connectivity index (χ4n) is 2.25. The van der Waals surface area contributed by atoms with Gasteiger partial charge in [0.25, 0.3) is 0 Å². The highest BCUT2D eigenvalue weighted by Crippen LogP contribution is 2.33. The van der Waals surface area contributed by atoms with E-state index >= 15 is 0 Å². The molecule has 8 heteroatoms. The Morgan fingerprint density at radius 3 is 2.60 bits per heavy atom. The van der Waals surface area contributed by atoms with Crippen molar-refractivity contribution in [2.24, 2.45) is 5.73 Å². The summed E-state index contributed by atoms with van der Waals surface area (Å²) in [7, 11) is -4.16. The Morgan fingerprint density at radius 1 is 1.20 bits per heavy atom. The van der Waals surface area contributed by atoms with E-state index in [4.69, 9.17) is 16.0 Å². The Morgan fingerprint density at radius 2 is 1.92 bits per heavy atom. The van der Waals surface area contributed by atoms with Crippen molar-refractivity contribution in [2.45, 2.75) is 11.8 Å². The van der Waals surface area contributed by atoms with Gasteiger partial charge in [-0.25, -0.2) is 0 Å². The molecule has 0 unspecified atom stereocenters. The number of nitrogens with two attached hydrogens (primary N) is 1. The molecule has 2 aromatic rings. The lowest BCUT2D eigenvalue weighted by atomic mass is 10.1. The molecular weight excluding hydrogens is 410 g/mol. The molecule has 130 valence electrons. The fourth-order valence-corrected chi connectivity index (χ4v) is 3.72.